The van der Waals surface area contributed by atoms with Crippen LogP contribution < -0.4 is 4.90 Å². The van der Waals surface area contributed by atoms with Crippen molar-refractivity contribution in [3.8, 4) is 0 Å². The van der Waals surface area contributed by atoms with Crippen molar-refractivity contribution in [1.82, 2.24) is 0 Å². The lowest BCUT2D eigenvalue weighted by Crippen LogP contribution is -2.33. The van der Waals surface area contributed by atoms with Gasteiger partial charge in [0.2, 0.25) is 5.91 Å². The van der Waals surface area contributed by atoms with Gasteiger partial charge >= 0.3 is 5.97 Å². The van der Waals surface area contributed by atoms with Crippen LogP contribution in [0.15, 0.2) is 30.3 Å². The first-order valence-electron chi connectivity index (χ1n) is 6.58. The fourth-order valence-corrected chi connectivity index (χ4v) is 1.76. The molecule has 4 nitrogen and oxygen atoms in total. The molecule has 19 heavy (non-hydrogen) atoms. The van der Waals surface area contributed by atoms with Crippen LogP contribution in [0.2, 0.25) is 0 Å². The maximum Gasteiger partial charge on any atom is 0.305 e. The number of carboxylic acids is 1. The van der Waals surface area contributed by atoms with Crippen LogP contribution >= 0.6 is 0 Å². The third-order valence-corrected chi connectivity index (χ3v) is 2.85. The number of carbonyl (C=O) groups excluding carboxylic acids is 1. The lowest BCUT2D eigenvalue weighted by molar-refractivity contribution is -0.136. The van der Waals surface area contributed by atoms with Crippen LogP contribution in [-0.4, -0.2) is 23.5 Å². The summed E-state index contributed by atoms with van der Waals surface area (Å²) < 4.78 is 0. The number of carboxylic acid groups (broad SMARTS) is 1. The molecule has 1 amide bonds. The molecular formula is C15H21NO3. The van der Waals surface area contributed by atoms with Gasteiger partial charge in [0, 0.05) is 18.7 Å². The van der Waals surface area contributed by atoms with Crippen molar-refractivity contribution < 1.29 is 14.7 Å². The molecule has 1 N–H and O–H groups in total. The molecule has 1 rings (SSSR count). The molecule has 0 radical (unpaired) electrons. The number of hydrogen-bond acceptors (Lipinski definition) is 2. The highest BCUT2D eigenvalue weighted by atomic mass is 16.4. The Kier molecular flexibility index (Phi) is 6.06. The van der Waals surface area contributed by atoms with E-state index in [1.165, 1.54) is 0 Å². The first-order chi connectivity index (χ1) is 9.00. The average Bonchev–Trinajstić information content (AvgIpc) is 2.37. The van der Waals surface area contributed by atoms with Crippen LogP contribution in [-0.2, 0) is 9.59 Å². The highest BCUT2D eigenvalue weighted by Gasteiger charge is 2.16. The molecule has 104 valence electrons. The minimum Gasteiger partial charge on any atom is -0.481 e. The van der Waals surface area contributed by atoms with Crippen LogP contribution in [0.3, 0.4) is 0 Å². The van der Waals surface area contributed by atoms with Crippen molar-refractivity contribution in [1.29, 1.82) is 0 Å². The van der Waals surface area contributed by atoms with Gasteiger partial charge in [-0.2, -0.15) is 0 Å². The number of anilines is 1. The van der Waals surface area contributed by atoms with E-state index in [0.29, 0.717) is 12.3 Å². The van der Waals surface area contributed by atoms with Gasteiger partial charge < -0.3 is 10.0 Å². The average molecular weight is 263 g/mol. The molecule has 0 bridgehead atoms. The predicted molar refractivity (Wildman–Crippen MR) is 75.1 cm³/mol. The van der Waals surface area contributed by atoms with E-state index >= 15 is 0 Å². The Bertz CT molecular complexity index is 415. The summed E-state index contributed by atoms with van der Waals surface area (Å²) in [7, 11) is 0. The third kappa shape index (κ3) is 5.55. The minimum atomic E-state index is -0.891. The van der Waals surface area contributed by atoms with E-state index in [1.807, 2.05) is 30.3 Å². The number of aliphatic carboxylic acids is 1. The molecule has 4 heteroatoms. The summed E-state index contributed by atoms with van der Waals surface area (Å²) in [6.07, 6.45) is 1.23. The maximum absolute atomic E-state index is 12.2. The Labute approximate surface area is 114 Å². The normalized spacial score (nSPS) is 10.5. The van der Waals surface area contributed by atoms with E-state index in [0.717, 1.165) is 12.1 Å². The zero-order valence-electron chi connectivity index (χ0n) is 11.5. The van der Waals surface area contributed by atoms with Crippen LogP contribution in [0.1, 0.15) is 33.1 Å². The fraction of sp³-hybridized carbons (Fsp3) is 0.467. The van der Waals surface area contributed by atoms with Crippen LogP contribution in [0.4, 0.5) is 5.69 Å². The van der Waals surface area contributed by atoms with Gasteiger partial charge in [0.25, 0.3) is 0 Å². The quantitative estimate of drug-likeness (QED) is 0.822. The van der Waals surface area contributed by atoms with Crippen molar-refractivity contribution in [3.05, 3.63) is 30.3 Å². The highest BCUT2D eigenvalue weighted by molar-refractivity contribution is 5.93. The van der Waals surface area contributed by atoms with Crippen LogP contribution in [0.25, 0.3) is 0 Å². The Morgan fingerprint density at radius 2 is 1.79 bits per heavy atom. The minimum absolute atomic E-state index is 0.0128. The Morgan fingerprint density at radius 3 is 2.32 bits per heavy atom. The number of benzene rings is 1. The van der Waals surface area contributed by atoms with Crippen molar-refractivity contribution in [2.75, 3.05) is 11.4 Å². The zero-order chi connectivity index (χ0) is 14.3. The van der Waals surface area contributed by atoms with Crippen molar-refractivity contribution >= 4 is 17.6 Å². The molecule has 1 aromatic carbocycles. The van der Waals surface area contributed by atoms with Gasteiger partial charge in [-0.05, 0) is 24.5 Å². The molecule has 0 heterocycles. The fourth-order valence-electron chi connectivity index (χ4n) is 1.76. The molecule has 0 aliphatic carbocycles. The Balaban J connectivity index is 2.74. The summed E-state index contributed by atoms with van der Waals surface area (Å²) in [5.41, 5.74) is 0.762. The van der Waals surface area contributed by atoms with E-state index in [9.17, 15) is 9.59 Å². The summed E-state index contributed by atoms with van der Waals surface area (Å²) in [4.78, 5) is 24.4. The molecule has 0 aliphatic heterocycles. The Hall–Kier alpha value is -1.84. The molecule has 0 saturated carbocycles. The number of hydrogen-bond donors (Lipinski definition) is 1. The van der Waals surface area contributed by atoms with E-state index in [-0.39, 0.29) is 18.9 Å². The summed E-state index contributed by atoms with van der Waals surface area (Å²) in [5.74, 6) is -0.445. The molecule has 0 aromatic heterocycles. The number of rotatable bonds is 7. The monoisotopic (exact) mass is 263 g/mol. The molecule has 0 spiro atoms. The summed E-state index contributed by atoms with van der Waals surface area (Å²) in [6.45, 7) is 4.35. The third-order valence-electron chi connectivity index (χ3n) is 2.85. The van der Waals surface area contributed by atoms with Gasteiger partial charge in [0.1, 0.15) is 0 Å². The lowest BCUT2D eigenvalue weighted by Gasteiger charge is -2.22. The first-order valence-corrected chi connectivity index (χ1v) is 6.58. The second-order valence-corrected chi connectivity index (χ2v) is 4.96. The van der Waals surface area contributed by atoms with Gasteiger partial charge in [-0.15, -0.1) is 0 Å². The molecule has 1 aromatic rings. The second-order valence-electron chi connectivity index (χ2n) is 4.96. The summed E-state index contributed by atoms with van der Waals surface area (Å²) in [5, 5.41) is 8.77. The topological polar surface area (TPSA) is 57.6 Å². The van der Waals surface area contributed by atoms with E-state index in [1.54, 1.807) is 4.90 Å². The number of carbonyl (C=O) groups is 2. The van der Waals surface area contributed by atoms with Gasteiger partial charge in [0.05, 0.1) is 6.42 Å². The lowest BCUT2D eigenvalue weighted by atomic mass is 10.1. The van der Waals surface area contributed by atoms with Crippen molar-refractivity contribution in [3.63, 3.8) is 0 Å². The van der Waals surface area contributed by atoms with Gasteiger partial charge in [0.15, 0.2) is 0 Å². The summed E-state index contributed by atoms with van der Waals surface area (Å²) in [6, 6.07) is 9.22. The smallest absolute Gasteiger partial charge is 0.305 e. The molecule has 0 fully saturated rings. The SMILES string of the molecule is CC(C)CCC(=O)N(CCC(=O)O)c1ccccc1. The number of para-hydroxylation sites is 1. The van der Waals surface area contributed by atoms with Crippen molar-refractivity contribution in [2.24, 2.45) is 5.92 Å². The Morgan fingerprint density at radius 1 is 1.16 bits per heavy atom. The summed E-state index contributed by atoms with van der Waals surface area (Å²) >= 11 is 0. The molecule has 0 unspecified atom stereocenters. The molecular weight excluding hydrogens is 242 g/mol. The predicted octanol–water partition coefficient (Wildman–Crippen LogP) is 2.93. The molecule has 0 saturated heterocycles. The molecule has 0 aliphatic rings. The van der Waals surface area contributed by atoms with Gasteiger partial charge in [-0.25, -0.2) is 0 Å². The van der Waals surface area contributed by atoms with Gasteiger partial charge in [-0.3, -0.25) is 9.59 Å². The highest BCUT2D eigenvalue weighted by Crippen LogP contribution is 2.16. The van der Waals surface area contributed by atoms with Crippen molar-refractivity contribution in [2.45, 2.75) is 33.1 Å². The van der Waals surface area contributed by atoms with E-state index < -0.39 is 5.97 Å². The number of amides is 1. The second kappa shape index (κ2) is 7.56. The van der Waals surface area contributed by atoms with Gasteiger partial charge in [-0.1, -0.05) is 32.0 Å². The number of nitrogens with zero attached hydrogens (tertiary/aromatic N) is 1. The standard InChI is InChI=1S/C15H21NO3/c1-12(2)8-9-14(17)16(11-10-15(18)19)13-6-4-3-5-7-13/h3-7,12H,8-11H2,1-2H3,(H,18,19). The largest absolute Gasteiger partial charge is 0.481 e. The van der Waals surface area contributed by atoms with E-state index in [2.05, 4.69) is 13.8 Å². The maximum atomic E-state index is 12.2. The van der Waals surface area contributed by atoms with Crippen LogP contribution in [0.5, 0.6) is 0 Å². The van der Waals surface area contributed by atoms with Crippen LogP contribution in [0, 0.1) is 5.92 Å². The van der Waals surface area contributed by atoms with E-state index in [4.69, 9.17) is 5.11 Å². The molecule has 0 atom stereocenters. The zero-order valence-corrected chi connectivity index (χ0v) is 11.5. The first kappa shape index (κ1) is 15.2.